The topological polar surface area (TPSA) is 29.3 Å². The van der Waals surface area contributed by atoms with Crippen LogP contribution in [-0.2, 0) is 13.1 Å². The van der Waals surface area contributed by atoms with Gasteiger partial charge in [-0.1, -0.05) is 38.1 Å². The highest BCUT2D eigenvalue weighted by Gasteiger charge is 2.37. The van der Waals surface area contributed by atoms with Crippen LogP contribution in [0.3, 0.4) is 0 Å². The largest absolute Gasteiger partial charge is 0.326 e. The zero-order chi connectivity index (χ0) is 12.8. The highest BCUT2D eigenvalue weighted by Crippen LogP contribution is 2.39. The van der Waals surface area contributed by atoms with Gasteiger partial charge in [0.2, 0.25) is 0 Å². The molecule has 2 nitrogen and oxygen atoms in total. The first kappa shape index (κ1) is 12.2. The molecule has 1 aliphatic carbocycles. The fraction of sp³-hybridized carbons (Fsp3) is 0.625. The Kier molecular flexibility index (Phi) is 2.95. The van der Waals surface area contributed by atoms with Crippen LogP contribution in [0, 0.1) is 5.41 Å². The fourth-order valence-electron chi connectivity index (χ4n) is 3.56. The molecule has 0 radical (unpaired) electrons. The number of hydrogen-bond acceptors (Lipinski definition) is 2. The molecule has 1 fully saturated rings. The number of rotatable bonds is 1. The number of fused-ring (bicyclic) bond motifs is 1. The first-order chi connectivity index (χ1) is 8.55. The molecule has 1 heterocycles. The van der Waals surface area contributed by atoms with Crippen molar-refractivity contribution in [2.45, 2.75) is 58.3 Å². The minimum absolute atomic E-state index is 0.354. The van der Waals surface area contributed by atoms with Crippen molar-refractivity contribution in [2.24, 2.45) is 11.1 Å². The third-order valence-electron chi connectivity index (χ3n) is 4.74. The summed E-state index contributed by atoms with van der Waals surface area (Å²) >= 11 is 0. The lowest BCUT2D eigenvalue weighted by atomic mass is 9.72. The van der Waals surface area contributed by atoms with E-state index >= 15 is 0 Å². The third kappa shape index (κ3) is 2.19. The van der Waals surface area contributed by atoms with Crippen LogP contribution in [0.2, 0.25) is 0 Å². The maximum atomic E-state index is 6.37. The van der Waals surface area contributed by atoms with Gasteiger partial charge in [0.25, 0.3) is 0 Å². The molecule has 1 aromatic carbocycles. The molecule has 1 aliphatic heterocycles. The van der Waals surface area contributed by atoms with Crippen molar-refractivity contribution in [1.82, 2.24) is 4.90 Å². The zero-order valence-corrected chi connectivity index (χ0v) is 11.5. The van der Waals surface area contributed by atoms with E-state index in [9.17, 15) is 0 Å². The van der Waals surface area contributed by atoms with E-state index in [-0.39, 0.29) is 0 Å². The molecule has 2 atom stereocenters. The average molecular weight is 244 g/mol. The maximum absolute atomic E-state index is 6.37. The molecule has 98 valence electrons. The van der Waals surface area contributed by atoms with Gasteiger partial charge in [0.15, 0.2) is 0 Å². The second-order valence-electron chi connectivity index (χ2n) is 6.81. The molecule has 2 unspecified atom stereocenters. The summed E-state index contributed by atoms with van der Waals surface area (Å²) in [6.07, 6.45) is 3.68. The van der Waals surface area contributed by atoms with Crippen LogP contribution in [0.15, 0.2) is 24.3 Å². The molecule has 1 saturated carbocycles. The van der Waals surface area contributed by atoms with Gasteiger partial charge in [-0.2, -0.15) is 0 Å². The predicted molar refractivity (Wildman–Crippen MR) is 75.1 cm³/mol. The van der Waals surface area contributed by atoms with Crippen molar-refractivity contribution < 1.29 is 0 Å². The van der Waals surface area contributed by atoms with Crippen LogP contribution in [0.4, 0.5) is 0 Å². The molecule has 0 aromatic heterocycles. The van der Waals surface area contributed by atoms with Gasteiger partial charge in [0, 0.05) is 25.2 Å². The summed E-state index contributed by atoms with van der Waals surface area (Å²) in [7, 11) is 0. The van der Waals surface area contributed by atoms with E-state index in [1.165, 1.54) is 30.4 Å². The second kappa shape index (κ2) is 4.36. The summed E-state index contributed by atoms with van der Waals surface area (Å²) in [5.74, 6) is 0. The van der Waals surface area contributed by atoms with Crippen molar-refractivity contribution in [3.05, 3.63) is 35.4 Å². The van der Waals surface area contributed by atoms with E-state index in [1.54, 1.807) is 0 Å². The highest BCUT2D eigenvalue weighted by molar-refractivity contribution is 5.30. The van der Waals surface area contributed by atoms with E-state index in [0.29, 0.717) is 17.5 Å². The quantitative estimate of drug-likeness (QED) is 0.823. The minimum Gasteiger partial charge on any atom is -0.326 e. The minimum atomic E-state index is 0.354. The molecular weight excluding hydrogens is 220 g/mol. The highest BCUT2D eigenvalue weighted by atomic mass is 15.2. The van der Waals surface area contributed by atoms with Gasteiger partial charge < -0.3 is 5.73 Å². The molecule has 3 rings (SSSR count). The monoisotopic (exact) mass is 244 g/mol. The van der Waals surface area contributed by atoms with E-state index in [1.807, 2.05) is 0 Å². The van der Waals surface area contributed by atoms with Gasteiger partial charge >= 0.3 is 0 Å². The van der Waals surface area contributed by atoms with E-state index in [4.69, 9.17) is 5.73 Å². The maximum Gasteiger partial charge on any atom is 0.0259 e. The van der Waals surface area contributed by atoms with Crippen LogP contribution in [0.25, 0.3) is 0 Å². The van der Waals surface area contributed by atoms with Crippen LogP contribution in [0.5, 0.6) is 0 Å². The predicted octanol–water partition coefficient (Wildman–Crippen LogP) is 2.91. The fourth-order valence-corrected chi connectivity index (χ4v) is 3.56. The Morgan fingerprint density at radius 1 is 1.17 bits per heavy atom. The van der Waals surface area contributed by atoms with Gasteiger partial charge in [-0.25, -0.2) is 0 Å². The van der Waals surface area contributed by atoms with Crippen molar-refractivity contribution in [1.29, 1.82) is 0 Å². The summed E-state index contributed by atoms with van der Waals surface area (Å²) in [6, 6.07) is 9.72. The van der Waals surface area contributed by atoms with E-state index < -0.39 is 0 Å². The van der Waals surface area contributed by atoms with Crippen molar-refractivity contribution in [3.63, 3.8) is 0 Å². The Balaban J connectivity index is 1.77. The summed E-state index contributed by atoms with van der Waals surface area (Å²) in [5.41, 5.74) is 9.81. The van der Waals surface area contributed by atoms with Gasteiger partial charge in [-0.05, 0) is 35.8 Å². The first-order valence-electron chi connectivity index (χ1n) is 7.12. The first-order valence-corrected chi connectivity index (χ1v) is 7.12. The van der Waals surface area contributed by atoms with E-state index in [0.717, 1.165) is 13.1 Å². The van der Waals surface area contributed by atoms with Crippen LogP contribution >= 0.6 is 0 Å². The number of hydrogen-bond donors (Lipinski definition) is 1. The summed E-state index contributed by atoms with van der Waals surface area (Å²) in [5, 5.41) is 0. The molecule has 0 saturated heterocycles. The Morgan fingerprint density at radius 3 is 2.39 bits per heavy atom. The van der Waals surface area contributed by atoms with Gasteiger partial charge in [-0.3, -0.25) is 4.90 Å². The summed E-state index contributed by atoms with van der Waals surface area (Å²) in [4.78, 5) is 2.59. The smallest absolute Gasteiger partial charge is 0.0259 e. The summed E-state index contributed by atoms with van der Waals surface area (Å²) < 4.78 is 0. The Morgan fingerprint density at radius 2 is 1.78 bits per heavy atom. The van der Waals surface area contributed by atoms with Gasteiger partial charge in [-0.15, -0.1) is 0 Å². The molecule has 2 aliphatic rings. The third-order valence-corrected chi connectivity index (χ3v) is 4.74. The normalized spacial score (nSPS) is 31.3. The average Bonchev–Trinajstić information content (AvgIpc) is 2.76. The summed E-state index contributed by atoms with van der Waals surface area (Å²) in [6.45, 7) is 6.94. The van der Waals surface area contributed by atoms with Crippen LogP contribution in [0.1, 0.15) is 44.2 Å². The van der Waals surface area contributed by atoms with Crippen LogP contribution in [-0.4, -0.2) is 17.0 Å². The van der Waals surface area contributed by atoms with Crippen molar-refractivity contribution in [2.75, 3.05) is 0 Å². The van der Waals surface area contributed by atoms with Gasteiger partial charge in [0.05, 0.1) is 0 Å². The molecule has 1 aromatic rings. The molecule has 2 heteroatoms. The van der Waals surface area contributed by atoms with Gasteiger partial charge in [0.1, 0.15) is 0 Å². The second-order valence-corrected chi connectivity index (χ2v) is 6.81. The Bertz CT molecular complexity index is 413. The Labute approximate surface area is 110 Å². The van der Waals surface area contributed by atoms with Crippen LogP contribution < -0.4 is 5.73 Å². The van der Waals surface area contributed by atoms with E-state index in [2.05, 4.69) is 43.0 Å². The molecule has 0 spiro atoms. The lowest BCUT2D eigenvalue weighted by molar-refractivity contribution is 0.0758. The molecule has 18 heavy (non-hydrogen) atoms. The van der Waals surface area contributed by atoms with Crippen molar-refractivity contribution >= 4 is 0 Å². The molecule has 0 bridgehead atoms. The zero-order valence-electron chi connectivity index (χ0n) is 11.5. The lowest BCUT2D eigenvalue weighted by Gasteiger charge is -2.43. The standard InChI is InChI=1S/C16H24N2/c1-16(2)8-7-14(17)15(9-16)18-10-12-5-3-4-6-13(12)11-18/h3-6,14-15H,7-11,17H2,1-2H3. The Hall–Kier alpha value is -0.860. The molecule has 2 N–H and O–H groups in total. The lowest BCUT2D eigenvalue weighted by Crippen LogP contribution is -2.51. The number of nitrogens with two attached hydrogens (primary N) is 1. The number of benzene rings is 1. The van der Waals surface area contributed by atoms with Crippen molar-refractivity contribution in [3.8, 4) is 0 Å². The molecular formula is C16H24N2. The molecule has 0 amide bonds. The SMILES string of the molecule is CC1(C)CCC(N)C(N2Cc3ccccc3C2)C1. The number of nitrogens with zero attached hydrogens (tertiary/aromatic N) is 1.